The number of aliphatic imine (C=N–C) groups is 1. The number of aromatic carboxylic acids is 1. The quantitative estimate of drug-likeness (QED) is 0.793. The predicted octanol–water partition coefficient (Wildman–Crippen LogP) is 1.70. The van der Waals surface area contributed by atoms with E-state index in [0.29, 0.717) is 5.82 Å². The lowest BCUT2D eigenvalue weighted by Gasteiger charge is -2.12. The van der Waals surface area contributed by atoms with Crippen molar-refractivity contribution in [2.24, 2.45) is 4.99 Å². The summed E-state index contributed by atoms with van der Waals surface area (Å²) in [5, 5.41) is 8.93. The van der Waals surface area contributed by atoms with Crippen molar-refractivity contribution in [3.63, 3.8) is 0 Å². The average molecular weight is 227 g/mol. The minimum atomic E-state index is -1.03. The van der Waals surface area contributed by atoms with E-state index < -0.39 is 5.97 Å². The van der Waals surface area contributed by atoms with Crippen molar-refractivity contribution in [2.45, 2.75) is 6.42 Å². The Morgan fingerprint density at radius 1 is 1.47 bits per heavy atom. The molecule has 0 unspecified atom stereocenters. The van der Waals surface area contributed by atoms with Crippen LogP contribution in [0.5, 0.6) is 0 Å². The maximum absolute atomic E-state index is 10.9. The third kappa shape index (κ3) is 1.52. The molecule has 1 aromatic heterocycles. The molecule has 0 aromatic carbocycles. The van der Waals surface area contributed by atoms with Crippen molar-refractivity contribution in [2.75, 3.05) is 0 Å². The maximum atomic E-state index is 10.9. The second kappa shape index (κ2) is 3.55. The van der Waals surface area contributed by atoms with Gasteiger partial charge in [0.15, 0.2) is 11.5 Å². The molecule has 1 aliphatic carbocycles. The van der Waals surface area contributed by atoms with E-state index in [-0.39, 0.29) is 5.69 Å². The molecule has 0 radical (unpaired) electrons. The maximum Gasteiger partial charge on any atom is 0.356 e. The lowest BCUT2D eigenvalue weighted by molar-refractivity contribution is 0.0691. The van der Waals surface area contributed by atoms with Crippen molar-refractivity contribution >= 4 is 17.9 Å². The number of fused-ring (bicyclic) bond motifs is 3. The molecule has 5 heteroatoms. The van der Waals surface area contributed by atoms with Gasteiger partial charge in [0.1, 0.15) is 0 Å². The number of carboxylic acid groups (broad SMARTS) is 1. The molecule has 5 nitrogen and oxygen atoms in total. The first kappa shape index (κ1) is 9.77. The molecular weight excluding hydrogens is 218 g/mol. The number of aromatic nitrogens is 2. The largest absolute Gasteiger partial charge is 0.476 e. The molecule has 84 valence electrons. The zero-order valence-corrected chi connectivity index (χ0v) is 8.87. The highest BCUT2D eigenvalue weighted by Gasteiger charge is 2.18. The molecule has 2 aliphatic rings. The summed E-state index contributed by atoms with van der Waals surface area (Å²) < 4.78 is 1.76. The molecule has 17 heavy (non-hydrogen) atoms. The Bertz CT molecular complexity index is 618. The van der Waals surface area contributed by atoms with Gasteiger partial charge in [-0.1, -0.05) is 18.2 Å². The Kier molecular flexibility index (Phi) is 2.04. The number of rotatable bonds is 1. The number of imidazole rings is 1. The molecule has 1 aliphatic heterocycles. The topological polar surface area (TPSA) is 67.5 Å². The molecule has 0 atom stereocenters. The highest BCUT2D eigenvalue weighted by molar-refractivity contribution is 5.90. The first-order valence-corrected chi connectivity index (χ1v) is 5.19. The summed E-state index contributed by atoms with van der Waals surface area (Å²) >= 11 is 0. The minimum Gasteiger partial charge on any atom is -0.476 e. The lowest BCUT2D eigenvalue weighted by atomic mass is 10.1. The van der Waals surface area contributed by atoms with Crippen LogP contribution in [0.3, 0.4) is 0 Å². The van der Waals surface area contributed by atoms with Gasteiger partial charge in [-0.2, -0.15) is 0 Å². The third-order valence-corrected chi connectivity index (χ3v) is 2.66. The van der Waals surface area contributed by atoms with E-state index in [0.717, 1.165) is 17.7 Å². The smallest absolute Gasteiger partial charge is 0.356 e. The van der Waals surface area contributed by atoms with Crippen molar-refractivity contribution in [3.8, 4) is 0 Å². The normalized spacial score (nSPS) is 16.7. The van der Waals surface area contributed by atoms with Crippen LogP contribution < -0.4 is 0 Å². The Labute approximate surface area is 97.1 Å². The molecular formula is C12H9N3O2. The molecule has 0 fully saturated rings. The SMILES string of the molecule is O=C(O)c1cn2c(n1)C=NC=C1C=CCC=C12. The van der Waals surface area contributed by atoms with E-state index in [1.165, 1.54) is 6.20 Å². The van der Waals surface area contributed by atoms with E-state index in [1.54, 1.807) is 17.0 Å². The lowest BCUT2D eigenvalue weighted by Crippen LogP contribution is -2.02. The summed E-state index contributed by atoms with van der Waals surface area (Å²) in [7, 11) is 0. The van der Waals surface area contributed by atoms with E-state index in [1.807, 2.05) is 18.2 Å². The molecule has 0 amide bonds. The van der Waals surface area contributed by atoms with Gasteiger partial charge in [-0.05, 0) is 6.42 Å². The number of carbonyl (C=O) groups is 1. The van der Waals surface area contributed by atoms with Crippen LogP contribution >= 0.6 is 0 Å². The van der Waals surface area contributed by atoms with Crippen LogP contribution in [0.1, 0.15) is 22.7 Å². The fourth-order valence-corrected chi connectivity index (χ4v) is 1.89. The fraction of sp³-hybridized carbons (Fsp3) is 0.0833. The third-order valence-electron chi connectivity index (χ3n) is 2.66. The van der Waals surface area contributed by atoms with Gasteiger partial charge >= 0.3 is 5.97 Å². The van der Waals surface area contributed by atoms with Gasteiger partial charge in [-0.25, -0.2) is 9.78 Å². The highest BCUT2D eigenvalue weighted by atomic mass is 16.4. The van der Waals surface area contributed by atoms with Crippen LogP contribution in [0, 0.1) is 0 Å². The second-order valence-electron chi connectivity index (χ2n) is 3.75. The van der Waals surface area contributed by atoms with Gasteiger partial charge in [0.25, 0.3) is 0 Å². The van der Waals surface area contributed by atoms with Crippen LogP contribution in [0.4, 0.5) is 0 Å². The van der Waals surface area contributed by atoms with E-state index in [4.69, 9.17) is 5.11 Å². The monoisotopic (exact) mass is 227 g/mol. The van der Waals surface area contributed by atoms with E-state index >= 15 is 0 Å². The van der Waals surface area contributed by atoms with Crippen LogP contribution in [0.25, 0.3) is 5.70 Å². The molecule has 0 bridgehead atoms. The Morgan fingerprint density at radius 3 is 3.18 bits per heavy atom. The van der Waals surface area contributed by atoms with Gasteiger partial charge in [0.2, 0.25) is 0 Å². The van der Waals surface area contributed by atoms with Gasteiger partial charge in [-0.15, -0.1) is 0 Å². The van der Waals surface area contributed by atoms with Crippen LogP contribution in [0.15, 0.2) is 41.2 Å². The number of nitrogens with zero attached hydrogens (tertiary/aromatic N) is 3. The van der Waals surface area contributed by atoms with Crippen molar-refractivity contribution < 1.29 is 9.90 Å². The molecule has 0 saturated heterocycles. The first-order valence-electron chi connectivity index (χ1n) is 5.19. The molecule has 2 heterocycles. The minimum absolute atomic E-state index is 0.0307. The fourth-order valence-electron chi connectivity index (χ4n) is 1.89. The van der Waals surface area contributed by atoms with E-state index in [9.17, 15) is 4.79 Å². The summed E-state index contributed by atoms with van der Waals surface area (Å²) in [6.45, 7) is 0. The first-order chi connectivity index (χ1) is 8.25. The second-order valence-corrected chi connectivity index (χ2v) is 3.75. The van der Waals surface area contributed by atoms with Gasteiger partial charge in [0, 0.05) is 18.0 Å². The number of hydrogen-bond acceptors (Lipinski definition) is 3. The molecule has 0 spiro atoms. The Morgan fingerprint density at radius 2 is 2.35 bits per heavy atom. The zero-order chi connectivity index (χ0) is 11.8. The number of allylic oxidation sites excluding steroid dienone is 5. The van der Waals surface area contributed by atoms with Crippen molar-refractivity contribution in [3.05, 3.63) is 47.7 Å². The summed E-state index contributed by atoms with van der Waals surface area (Å²) in [6.07, 6.45) is 11.7. The van der Waals surface area contributed by atoms with E-state index in [2.05, 4.69) is 9.98 Å². The van der Waals surface area contributed by atoms with Gasteiger partial charge < -0.3 is 5.11 Å². The predicted molar refractivity (Wildman–Crippen MR) is 62.9 cm³/mol. The van der Waals surface area contributed by atoms with Crippen molar-refractivity contribution in [1.82, 2.24) is 9.55 Å². The average Bonchev–Trinajstić information content (AvgIpc) is 2.67. The summed E-state index contributed by atoms with van der Waals surface area (Å²) in [4.78, 5) is 19.0. The zero-order valence-electron chi connectivity index (χ0n) is 8.87. The summed E-state index contributed by atoms with van der Waals surface area (Å²) in [5.41, 5.74) is 1.92. The molecule has 0 saturated carbocycles. The Balaban J connectivity index is 2.18. The Hall–Kier alpha value is -2.43. The standard InChI is InChI=1S/C12H9N3O2/c16-12(17)9-7-15-10-4-2-1-3-8(10)5-13-6-11(15)14-9/h1,3-7H,2H2,(H,16,17). The van der Waals surface area contributed by atoms with Crippen LogP contribution in [-0.2, 0) is 0 Å². The van der Waals surface area contributed by atoms with Crippen LogP contribution in [0.2, 0.25) is 0 Å². The van der Waals surface area contributed by atoms with Gasteiger partial charge in [-0.3, -0.25) is 9.56 Å². The van der Waals surface area contributed by atoms with Crippen molar-refractivity contribution in [1.29, 1.82) is 0 Å². The summed E-state index contributed by atoms with van der Waals surface area (Å²) in [6, 6.07) is 0. The summed E-state index contributed by atoms with van der Waals surface area (Å²) in [5.74, 6) is -0.494. The molecule has 3 rings (SSSR count). The number of hydrogen-bond donors (Lipinski definition) is 1. The number of carboxylic acids is 1. The molecule has 1 aromatic rings. The van der Waals surface area contributed by atoms with Crippen LogP contribution in [-0.4, -0.2) is 26.8 Å². The highest BCUT2D eigenvalue weighted by Crippen LogP contribution is 2.26. The van der Waals surface area contributed by atoms with Gasteiger partial charge in [0.05, 0.1) is 11.9 Å². The molecule has 1 N–H and O–H groups in total.